The Kier molecular flexibility index (Phi) is 4.97. The smallest absolute Gasteiger partial charge is 0.0864 e. The molecule has 2 heteroatoms. The highest BCUT2D eigenvalue weighted by Gasteiger charge is 2.20. The molecule has 1 aromatic rings. The first-order chi connectivity index (χ1) is 8.81. The standard InChI is InChI=1S/C16H23NO/c1-13(6-5-10-17-2)12-16-15-8-4-3-7-14(15)9-11-18-16/h3-4,6-8,16-17H,5,9-12H2,1-2H3. The van der Waals surface area contributed by atoms with E-state index in [-0.39, 0.29) is 6.10 Å². The van der Waals surface area contributed by atoms with Crippen LogP contribution in [0.2, 0.25) is 0 Å². The lowest BCUT2D eigenvalue weighted by atomic mass is 9.93. The number of hydrogen-bond donors (Lipinski definition) is 1. The molecule has 0 saturated carbocycles. The Labute approximate surface area is 110 Å². The molecule has 2 rings (SSSR count). The van der Waals surface area contributed by atoms with E-state index in [1.165, 1.54) is 16.7 Å². The zero-order valence-electron chi connectivity index (χ0n) is 11.4. The lowest BCUT2D eigenvalue weighted by Crippen LogP contribution is -2.16. The molecule has 0 radical (unpaired) electrons. The van der Waals surface area contributed by atoms with Gasteiger partial charge in [-0.15, -0.1) is 0 Å². The van der Waals surface area contributed by atoms with Crippen molar-refractivity contribution in [2.24, 2.45) is 0 Å². The van der Waals surface area contributed by atoms with Crippen LogP contribution in [0.15, 0.2) is 35.9 Å². The van der Waals surface area contributed by atoms with Gasteiger partial charge in [0.05, 0.1) is 12.7 Å². The lowest BCUT2D eigenvalue weighted by molar-refractivity contribution is 0.0427. The van der Waals surface area contributed by atoms with Crippen LogP contribution in [0.3, 0.4) is 0 Å². The van der Waals surface area contributed by atoms with Crippen LogP contribution in [-0.2, 0) is 11.2 Å². The Morgan fingerprint density at radius 3 is 3.11 bits per heavy atom. The van der Waals surface area contributed by atoms with E-state index >= 15 is 0 Å². The fraction of sp³-hybridized carbons (Fsp3) is 0.500. The monoisotopic (exact) mass is 245 g/mol. The van der Waals surface area contributed by atoms with Gasteiger partial charge in [-0.2, -0.15) is 0 Å². The maximum Gasteiger partial charge on any atom is 0.0864 e. The summed E-state index contributed by atoms with van der Waals surface area (Å²) in [6.45, 7) is 4.10. The fourth-order valence-electron chi connectivity index (χ4n) is 2.48. The number of hydrogen-bond acceptors (Lipinski definition) is 2. The van der Waals surface area contributed by atoms with Gasteiger partial charge in [0.1, 0.15) is 0 Å². The normalized spacial score (nSPS) is 19.7. The molecule has 0 spiro atoms. The second-order valence-corrected chi connectivity index (χ2v) is 4.96. The first-order valence-corrected chi connectivity index (χ1v) is 6.81. The van der Waals surface area contributed by atoms with Crippen molar-refractivity contribution < 1.29 is 4.74 Å². The minimum absolute atomic E-state index is 0.251. The predicted octanol–water partition coefficient (Wildman–Crippen LogP) is 3.25. The summed E-state index contributed by atoms with van der Waals surface area (Å²) in [5.74, 6) is 0. The van der Waals surface area contributed by atoms with Crippen LogP contribution in [-0.4, -0.2) is 20.2 Å². The quantitative estimate of drug-likeness (QED) is 0.635. The highest BCUT2D eigenvalue weighted by Crippen LogP contribution is 2.31. The molecular formula is C16H23NO. The van der Waals surface area contributed by atoms with Gasteiger partial charge in [0.2, 0.25) is 0 Å². The van der Waals surface area contributed by atoms with E-state index in [1.54, 1.807) is 0 Å². The molecule has 0 aliphatic carbocycles. The predicted molar refractivity (Wildman–Crippen MR) is 75.8 cm³/mol. The summed E-state index contributed by atoms with van der Waals surface area (Å²) in [6, 6.07) is 8.67. The van der Waals surface area contributed by atoms with Gasteiger partial charge >= 0.3 is 0 Å². The number of fused-ring (bicyclic) bond motifs is 1. The van der Waals surface area contributed by atoms with Crippen LogP contribution in [0.4, 0.5) is 0 Å². The maximum atomic E-state index is 5.92. The lowest BCUT2D eigenvalue weighted by Gasteiger charge is -2.26. The number of ether oxygens (including phenoxy) is 1. The molecule has 1 aliphatic heterocycles. The third-order valence-electron chi connectivity index (χ3n) is 3.49. The zero-order valence-corrected chi connectivity index (χ0v) is 11.4. The van der Waals surface area contributed by atoms with E-state index in [4.69, 9.17) is 4.74 Å². The molecule has 1 aromatic carbocycles. The SMILES string of the molecule is CNCCC=C(C)CC1OCCc2ccccc21. The molecule has 0 fully saturated rings. The van der Waals surface area contributed by atoms with E-state index in [0.29, 0.717) is 0 Å². The summed E-state index contributed by atoms with van der Waals surface area (Å²) in [7, 11) is 1.99. The van der Waals surface area contributed by atoms with Crippen molar-refractivity contribution in [3.63, 3.8) is 0 Å². The molecule has 0 amide bonds. The molecule has 1 heterocycles. The second-order valence-electron chi connectivity index (χ2n) is 4.96. The van der Waals surface area contributed by atoms with Gasteiger partial charge in [0, 0.05) is 0 Å². The molecular weight excluding hydrogens is 222 g/mol. The molecule has 98 valence electrons. The van der Waals surface area contributed by atoms with Gasteiger partial charge in [0.15, 0.2) is 0 Å². The minimum atomic E-state index is 0.251. The van der Waals surface area contributed by atoms with Crippen LogP contribution in [0.25, 0.3) is 0 Å². The van der Waals surface area contributed by atoms with Gasteiger partial charge in [-0.05, 0) is 50.9 Å². The summed E-state index contributed by atoms with van der Waals surface area (Å²) in [6.07, 6.45) is 5.73. The Morgan fingerprint density at radius 2 is 2.28 bits per heavy atom. The van der Waals surface area contributed by atoms with E-state index in [9.17, 15) is 0 Å². The Morgan fingerprint density at radius 1 is 1.44 bits per heavy atom. The third kappa shape index (κ3) is 3.44. The molecule has 18 heavy (non-hydrogen) atoms. The van der Waals surface area contributed by atoms with Gasteiger partial charge in [0.25, 0.3) is 0 Å². The van der Waals surface area contributed by atoms with Crippen LogP contribution in [0.5, 0.6) is 0 Å². The fourth-order valence-corrected chi connectivity index (χ4v) is 2.48. The van der Waals surface area contributed by atoms with Crippen molar-refractivity contribution in [3.05, 3.63) is 47.0 Å². The molecule has 2 nitrogen and oxygen atoms in total. The number of benzene rings is 1. The van der Waals surface area contributed by atoms with Crippen molar-refractivity contribution >= 4 is 0 Å². The second kappa shape index (κ2) is 6.72. The maximum absolute atomic E-state index is 5.92. The van der Waals surface area contributed by atoms with E-state index in [0.717, 1.165) is 32.4 Å². The van der Waals surface area contributed by atoms with Crippen LogP contribution < -0.4 is 5.32 Å². The van der Waals surface area contributed by atoms with Crippen LogP contribution in [0, 0.1) is 0 Å². The first kappa shape index (κ1) is 13.3. The summed E-state index contributed by atoms with van der Waals surface area (Å²) in [5, 5.41) is 3.17. The van der Waals surface area contributed by atoms with Crippen molar-refractivity contribution in [2.75, 3.05) is 20.2 Å². The molecule has 0 aromatic heterocycles. The van der Waals surface area contributed by atoms with E-state index in [2.05, 4.69) is 42.6 Å². The summed E-state index contributed by atoms with van der Waals surface area (Å²) in [4.78, 5) is 0. The average Bonchev–Trinajstić information content (AvgIpc) is 2.39. The van der Waals surface area contributed by atoms with Gasteiger partial charge in [-0.3, -0.25) is 0 Å². The first-order valence-electron chi connectivity index (χ1n) is 6.81. The highest BCUT2D eigenvalue weighted by molar-refractivity contribution is 5.31. The Bertz CT molecular complexity index is 411. The molecule has 1 atom stereocenters. The van der Waals surface area contributed by atoms with Crippen molar-refractivity contribution in [3.8, 4) is 0 Å². The van der Waals surface area contributed by atoms with Crippen molar-refractivity contribution in [2.45, 2.75) is 32.3 Å². The van der Waals surface area contributed by atoms with Crippen LogP contribution >= 0.6 is 0 Å². The van der Waals surface area contributed by atoms with Crippen molar-refractivity contribution in [1.29, 1.82) is 0 Å². The molecule has 0 saturated heterocycles. The van der Waals surface area contributed by atoms with Crippen molar-refractivity contribution in [1.82, 2.24) is 5.32 Å². The van der Waals surface area contributed by atoms with Gasteiger partial charge < -0.3 is 10.1 Å². The minimum Gasteiger partial charge on any atom is -0.373 e. The third-order valence-corrected chi connectivity index (χ3v) is 3.49. The van der Waals surface area contributed by atoms with Gasteiger partial charge in [-0.25, -0.2) is 0 Å². The Balaban J connectivity index is 2.00. The van der Waals surface area contributed by atoms with E-state index < -0.39 is 0 Å². The topological polar surface area (TPSA) is 21.3 Å². The zero-order chi connectivity index (χ0) is 12.8. The van der Waals surface area contributed by atoms with Gasteiger partial charge in [-0.1, -0.05) is 35.9 Å². The summed E-state index contributed by atoms with van der Waals surface area (Å²) >= 11 is 0. The highest BCUT2D eigenvalue weighted by atomic mass is 16.5. The number of rotatable bonds is 5. The largest absolute Gasteiger partial charge is 0.373 e. The van der Waals surface area contributed by atoms with E-state index in [1.807, 2.05) is 7.05 Å². The summed E-state index contributed by atoms with van der Waals surface area (Å²) < 4.78 is 5.92. The van der Waals surface area contributed by atoms with Crippen LogP contribution in [0.1, 0.15) is 37.0 Å². The molecule has 0 bridgehead atoms. The molecule has 1 N–H and O–H groups in total. The summed E-state index contributed by atoms with van der Waals surface area (Å²) in [5.41, 5.74) is 4.26. The molecule has 1 unspecified atom stereocenters. The average molecular weight is 245 g/mol. The number of nitrogens with one attached hydrogen (secondary N) is 1. The Hall–Kier alpha value is -1.12. The molecule has 1 aliphatic rings.